The van der Waals surface area contributed by atoms with Crippen LogP contribution in [0.5, 0.6) is 0 Å². The second-order valence-electron chi connectivity index (χ2n) is 5.40. The summed E-state index contributed by atoms with van der Waals surface area (Å²) in [7, 11) is 0. The van der Waals surface area contributed by atoms with Crippen molar-refractivity contribution in [1.82, 2.24) is 30.4 Å². The average Bonchev–Trinajstić information content (AvgIpc) is 3.08. The van der Waals surface area contributed by atoms with Crippen molar-refractivity contribution in [2.24, 2.45) is 0 Å². The van der Waals surface area contributed by atoms with Crippen molar-refractivity contribution in [2.45, 2.75) is 32.9 Å². The Morgan fingerprint density at radius 3 is 3.09 bits per heavy atom. The van der Waals surface area contributed by atoms with Gasteiger partial charge in [0.05, 0.1) is 35.0 Å². The molecule has 0 aliphatic carbocycles. The van der Waals surface area contributed by atoms with Crippen molar-refractivity contribution >= 4 is 17.5 Å². The molecule has 2 aromatic heterocycles. The number of halogens is 1. The fourth-order valence-corrected chi connectivity index (χ4v) is 2.85. The first-order chi connectivity index (χ1) is 10.6. The lowest BCUT2D eigenvalue weighted by Gasteiger charge is -2.22. The highest BCUT2D eigenvalue weighted by Gasteiger charge is 2.28. The van der Waals surface area contributed by atoms with Gasteiger partial charge in [-0.1, -0.05) is 11.6 Å². The highest BCUT2D eigenvalue weighted by molar-refractivity contribution is 6.31. The highest BCUT2D eigenvalue weighted by Crippen LogP contribution is 2.20. The van der Waals surface area contributed by atoms with Crippen LogP contribution in [0.25, 0.3) is 0 Å². The van der Waals surface area contributed by atoms with Crippen LogP contribution in [0.15, 0.2) is 6.33 Å². The van der Waals surface area contributed by atoms with E-state index in [-0.39, 0.29) is 11.9 Å². The maximum absolute atomic E-state index is 12.3. The molecule has 0 radical (unpaired) electrons. The number of nitrogens with zero attached hydrogens (tertiary/aromatic N) is 3. The van der Waals surface area contributed by atoms with Crippen molar-refractivity contribution in [3.05, 3.63) is 34.1 Å². The Morgan fingerprint density at radius 1 is 1.55 bits per heavy atom. The quantitative estimate of drug-likeness (QED) is 0.780. The summed E-state index contributed by atoms with van der Waals surface area (Å²) in [4.78, 5) is 19.6. The predicted octanol–water partition coefficient (Wildman–Crippen LogP) is 0.880. The van der Waals surface area contributed by atoms with E-state index in [0.717, 1.165) is 35.7 Å². The Kier molecular flexibility index (Phi) is 4.17. The Labute approximate surface area is 133 Å². The van der Waals surface area contributed by atoms with Gasteiger partial charge in [-0.2, -0.15) is 5.10 Å². The van der Waals surface area contributed by atoms with Crippen LogP contribution in [0.1, 0.15) is 28.8 Å². The van der Waals surface area contributed by atoms with Gasteiger partial charge >= 0.3 is 0 Å². The van der Waals surface area contributed by atoms with Gasteiger partial charge < -0.3 is 15.6 Å². The first-order valence-corrected chi connectivity index (χ1v) is 7.68. The summed E-state index contributed by atoms with van der Waals surface area (Å²) < 4.78 is 1.81. The molecule has 0 saturated heterocycles. The Bertz CT molecular complexity index is 692. The van der Waals surface area contributed by atoms with Crippen LogP contribution in [-0.4, -0.2) is 38.7 Å². The SMILES string of the molecule is Cc1nn(CCNC(=O)[C@@H]2NCCc3[nH]cnc32)c(C)c1Cl. The van der Waals surface area contributed by atoms with E-state index < -0.39 is 0 Å². The lowest BCUT2D eigenvalue weighted by molar-refractivity contribution is -0.123. The van der Waals surface area contributed by atoms with Gasteiger partial charge in [0.25, 0.3) is 0 Å². The number of hydrogen-bond donors (Lipinski definition) is 3. The molecular weight excluding hydrogens is 304 g/mol. The minimum Gasteiger partial charge on any atom is -0.353 e. The molecule has 1 aliphatic rings. The number of aromatic amines is 1. The zero-order valence-electron chi connectivity index (χ0n) is 12.6. The number of rotatable bonds is 4. The summed E-state index contributed by atoms with van der Waals surface area (Å²) in [5.74, 6) is -0.0688. The molecule has 8 heteroatoms. The van der Waals surface area contributed by atoms with Crippen LogP contribution in [0.3, 0.4) is 0 Å². The zero-order valence-corrected chi connectivity index (χ0v) is 13.4. The van der Waals surface area contributed by atoms with E-state index in [0.29, 0.717) is 18.1 Å². The number of carbonyl (C=O) groups excluding carboxylic acids is 1. The topological polar surface area (TPSA) is 87.6 Å². The molecule has 0 saturated carbocycles. The molecule has 118 valence electrons. The van der Waals surface area contributed by atoms with Gasteiger partial charge in [-0.15, -0.1) is 0 Å². The summed E-state index contributed by atoms with van der Waals surface area (Å²) in [6, 6.07) is -0.390. The van der Waals surface area contributed by atoms with Gasteiger partial charge in [-0.25, -0.2) is 4.98 Å². The second kappa shape index (κ2) is 6.10. The van der Waals surface area contributed by atoms with Crippen LogP contribution in [-0.2, 0) is 17.8 Å². The molecule has 0 fully saturated rings. The summed E-state index contributed by atoms with van der Waals surface area (Å²) in [6.45, 7) is 5.64. The standard InChI is InChI=1S/C14H19ClN6O/c1-8-11(15)9(2)21(20-8)6-5-17-14(22)13-12-10(3-4-16-13)18-7-19-12/h7,13,16H,3-6H2,1-2H3,(H,17,22)(H,18,19)/t13-/m1/s1. The highest BCUT2D eigenvalue weighted by atomic mass is 35.5. The Morgan fingerprint density at radius 2 is 2.36 bits per heavy atom. The summed E-state index contributed by atoms with van der Waals surface area (Å²) in [6.07, 6.45) is 2.50. The molecule has 3 rings (SSSR count). The van der Waals surface area contributed by atoms with E-state index in [2.05, 4.69) is 25.7 Å². The number of hydrogen-bond acceptors (Lipinski definition) is 4. The average molecular weight is 323 g/mol. The van der Waals surface area contributed by atoms with Crippen LogP contribution < -0.4 is 10.6 Å². The summed E-state index contributed by atoms with van der Waals surface area (Å²) >= 11 is 6.11. The van der Waals surface area contributed by atoms with E-state index in [4.69, 9.17) is 11.6 Å². The molecule has 7 nitrogen and oxygen atoms in total. The predicted molar refractivity (Wildman–Crippen MR) is 82.8 cm³/mol. The summed E-state index contributed by atoms with van der Waals surface area (Å²) in [5.41, 5.74) is 3.54. The lowest BCUT2D eigenvalue weighted by atomic mass is 10.1. The van der Waals surface area contributed by atoms with Crippen LogP contribution >= 0.6 is 11.6 Å². The van der Waals surface area contributed by atoms with Gasteiger partial charge in [0.15, 0.2) is 0 Å². The molecule has 2 aromatic rings. The van der Waals surface area contributed by atoms with E-state index in [1.807, 2.05) is 18.5 Å². The van der Waals surface area contributed by atoms with Crippen LogP contribution in [0.2, 0.25) is 5.02 Å². The normalized spacial score (nSPS) is 17.3. The van der Waals surface area contributed by atoms with Crippen molar-refractivity contribution < 1.29 is 4.79 Å². The fraction of sp³-hybridized carbons (Fsp3) is 0.500. The molecule has 1 atom stereocenters. The molecule has 0 unspecified atom stereocenters. The van der Waals surface area contributed by atoms with Gasteiger partial charge in [-0.3, -0.25) is 9.48 Å². The van der Waals surface area contributed by atoms with Crippen LogP contribution in [0.4, 0.5) is 0 Å². The molecule has 0 spiro atoms. The molecule has 0 bridgehead atoms. The van der Waals surface area contributed by atoms with Crippen molar-refractivity contribution in [3.8, 4) is 0 Å². The minimum atomic E-state index is -0.390. The number of aryl methyl sites for hydroxylation is 1. The van der Waals surface area contributed by atoms with Gasteiger partial charge in [0.1, 0.15) is 6.04 Å². The van der Waals surface area contributed by atoms with Crippen molar-refractivity contribution in [3.63, 3.8) is 0 Å². The molecule has 1 aliphatic heterocycles. The number of imidazole rings is 1. The maximum Gasteiger partial charge on any atom is 0.243 e. The largest absolute Gasteiger partial charge is 0.353 e. The van der Waals surface area contributed by atoms with E-state index in [1.165, 1.54) is 0 Å². The number of H-pyrrole nitrogens is 1. The number of carbonyl (C=O) groups is 1. The van der Waals surface area contributed by atoms with Gasteiger partial charge in [0.2, 0.25) is 5.91 Å². The number of fused-ring (bicyclic) bond motifs is 1. The Hall–Kier alpha value is -1.86. The van der Waals surface area contributed by atoms with E-state index in [1.54, 1.807) is 6.33 Å². The third kappa shape index (κ3) is 2.74. The van der Waals surface area contributed by atoms with E-state index in [9.17, 15) is 4.79 Å². The maximum atomic E-state index is 12.3. The molecule has 3 heterocycles. The molecule has 1 amide bonds. The fourth-order valence-electron chi connectivity index (χ4n) is 2.72. The number of nitrogens with one attached hydrogen (secondary N) is 3. The third-order valence-electron chi connectivity index (χ3n) is 3.93. The minimum absolute atomic E-state index is 0.0688. The monoisotopic (exact) mass is 322 g/mol. The second-order valence-corrected chi connectivity index (χ2v) is 5.78. The first-order valence-electron chi connectivity index (χ1n) is 7.30. The molecule has 22 heavy (non-hydrogen) atoms. The summed E-state index contributed by atoms with van der Waals surface area (Å²) in [5, 5.41) is 11.2. The number of aromatic nitrogens is 4. The smallest absolute Gasteiger partial charge is 0.243 e. The lowest BCUT2D eigenvalue weighted by Crippen LogP contribution is -2.42. The molecular formula is C14H19ClN6O. The molecule has 3 N–H and O–H groups in total. The first kappa shape index (κ1) is 15.1. The third-order valence-corrected chi connectivity index (χ3v) is 4.47. The van der Waals surface area contributed by atoms with Crippen molar-refractivity contribution in [1.29, 1.82) is 0 Å². The van der Waals surface area contributed by atoms with Crippen molar-refractivity contribution in [2.75, 3.05) is 13.1 Å². The zero-order chi connectivity index (χ0) is 15.7. The van der Waals surface area contributed by atoms with Gasteiger partial charge in [0, 0.05) is 25.2 Å². The Balaban J connectivity index is 1.59. The van der Waals surface area contributed by atoms with Crippen LogP contribution in [0, 0.1) is 13.8 Å². The number of amides is 1. The van der Waals surface area contributed by atoms with Gasteiger partial charge in [-0.05, 0) is 13.8 Å². The molecule has 0 aromatic carbocycles. The van der Waals surface area contributed by atoms with E-state index >= 15 is 0 Å².